The number of para-hydroxylation sites is 2. The summed E-state index contributed by atoms with van der Waals surface area (Å²) in [5.41, 5.74) is 6.64. The van der Waals surface area contributed by atoms with Crippen molar-refractivity contribution in [2.24, 2.45) is 5.41 Å². The van der Waals surface area contributed by atoms with Crippen LogP contribution < -0.4 is 10.5 Å². The highest BCUT2D eigenvalue weighted by Crippen LogP contribution is 2.36. The molecule has 4 nitrogen and oxygen atoms in total. The molecule has 1 aromatic carbocycles. The largest absolute Gasteiger partial charge is 0.480 e. The quantitative estimate of drug-likeness (QED) is 0.678. The van der Waals surface area contributed by atoms with E-state index in [0.29, 0.717) is 16.9 Å². The lowest BCUT2D eigenvalue weighted by molar-refractivity contribution is -0.154. The molecule has 0 aromatic heterocycles. The molecule has 0 saturated heterocycles. The summed E-state index contributed by atoms with van der Waals surface area (Å²) in [6, 6.07) is 7.13. The highest BCUT2D eigenvalue weighted by molar-refractivity contribution is 5.71. The van der Waals surface area contributed by atoms with Gasteiger partial charge in [-0.2, -0.15) is 0 Å². The van der Waals surface area contributed by atoms with E-state index >= 15 is 0 Å². The van der Waals surface area contributed by atoms with Gasteiger partial charge in [-0.1, -0.05) is 26.0 Å². The number of nitrogens with two attached hydrogens (primary N) is 1. The second-order valence-corrected chi connectivity index (χ2v) is 6.18. The number of carbonyl (C=O) groups is 1. The van der Waals surface area contributed by atoms with Gasteiger partial charge in [-0.15, -0.1) is 0 Å². The lowest BCUT2D eigenvalue weighted by Crippen LogP contribution is -2.30. The number of hydrogen-bond acceptors (Lipinski definition) is 4. The zero-order valence-corrected chi connectivity index (χ0v) is 12.2. The third kappa shape index (κ3) is 4.15. The first kappa shape index (κ1) is 14.7. The Hall–Kier alpha value is -1.71. The van der Waals surface area contributed by atoms with E-state index in [-0.39, 0.29) is 18.7 Å². The van der Waals surface area contributed by atoms with Gasteiger partial charge in [0.1, 0.15) is 11.9 Å². The predicted octanol–water partition coefficient (Wildman–Crippen LogP) is 3.16. The fraction of sp³-hybridized carbons (Fsp3) is 0.562. The molecule has 1 fully saturated rings. The maximum absolute atomic E-state index is 11.8. The molecule has 0 amide bonds. The van der Waals surface area contributed by atoms with E-state index in [1.807, 2.05) is 12.1 Å². The van der Waals surface area contributed by atoms with Gasteiger partial charge < -0.3 is 15.2 Å². The molecule has 1 saturated carbocycles. The number of hydrogen-bond donors (Lipinski definition) is 1. The van der Waals surface area contributed by atoms with Crippen molar-refractivity contribution in [3.8, 4) is 5.75 Å². The maximum Gasteiger partial charge on any atom is 0.344 e. The van der Waals surface area contributed by atoms with Crippen molar-refractivity contribution >= 4 is 11.7 Å². The first-order chi connectivity index (χ1) is 9.46. The number of ether oxygens (including phenoxy) is 2. The first-order valence-electron chi connectivity index (χ1n) is 7.13. The lowest BCUT2D eigenvalue weighted by atomic mass is 9.76. The molecule has 0 spiro atoms. The summed E-state index contributed by atoms with van der Waals surface area (Å²) in [4.78, 5) is 11.8. The summed E-state index contributed by atoms with van der Waals surface area (Å²) in [6.07, 6.45) is 4.10. The van der Waals surface area contributed by atoms with E-state index in [1.54, 1.807) is 12.1 Å². The number of nitrogen functional groups attached to an aromatic ring is 1. The standard InChI is InChI=1S/C16H23NO3/c1-16(2)9-7-12(8-10-16)20-15(18)11-19-14-6-4-3-5-13(14)17/h3-6,12H,7-11,17H2,1-2H3. The molecule has 20 heavy (non-hydrogen) atoms. The van der Waals surface area contributed by atoms with Crippen LogP contribution in [-0.4, -0.2) is 18.7 Å². The fourth-order valence-electron chi connectivity index (χ4n) is 2.46. The van der Waals surface area contributed by atoms with Crippen LogP contribution in [0.15, 0.2) is 24.3 Å². The summed E-state index contributed by atoms with van der Waals surface area (Å²) < 4.78 is 10.8. The molecule has 1 aliphatic rings. The van der Waals surface area contributed by atoms with Gasteiger partial charge >= 0.3 is 5.97 Å². The van der Waals surface area contributed by atoms with Crippen molar-refractivity contribution in [1.29, 1.82) is 0 Å². The van der Waals surface area contributed by atoms with Crippen molar-refractivity contribution in [2.75, 3.05) is 12.3 Å². The molecule has 1 aromatic rings. The number of rotatable bonds is 4. The Bertz CT molecular complexity index is 461. The van der Waals surface area contributed by atoms with Crippen LogP contribution in [0.25, 0.3) is 0 Å². The van der Waals surface area contributed by atoms with E-state index < -0.39 is 0 Å². The van der Waals surface area contributed by atoms with E-state index in [1.165, 1.54) is 0 Å². The Labute approximate surface area is 120 Å². The minimum atomic E-state index is -0.321. The van der Waals surface area contributed by atoms with E-state index in [9.17, 15) is 4.79 Å². The molecule has 0 bridgehead atoms. The molecule has 110 valence electrons. The van der Waals surface area contributed by atoms with Gasteiger partial charge in [0.2, 0.25) is 0 Å². The third-order valence-corrected chi connectivity index (χ3v) is 3.85. The van der Waals surface area contributed by atoms with Gasteiger partial charge in [-0.25, -0.2) is 4.79 Å². The van der Waals surface area contributed by atoms with E-state index in [4.69, 9.17) is 15.2 Å². The van der Waals surface area contributed by atoms with Crippen molar-refractivity contribution in [3.63, 3.8) is 0 Å². The molecular formula is C16H23NO3. The summed E-state index contributed by atoms with van der Waals surface area (Å²) >= 11 is 0. The van der Waals surface area contributed by atoms with Crippen molar-refractivity contribution in [3.05, 3.63) is 24.3 Å². The second-order valence-electron chi connectivity index (χ2n) is 6.18. The number of anilines is 1. The van der Waals surface area contributed by atoms with Crippen molar-refractivity contribution in [1.82, 2.24) is 0 Å². The SMILES string of the molecule is CC1(C)CCC(OC(=O)COc2ccccc2N)CC1. The molecule has 0 radical (unpaired) electrons. The topological polar surface area (TPSA) is 61.5 Å². The first-order valence-corrected chi connectivity index (χ1v) is 7.13. The van der Waals surface area contributed by atoms with Crippen LogP contribution in [0.1, 0.15) is 39.5 Å². The molecular weight excluding hydrogens is 254 g/mol. The third-order valence-electron chi connectivity index (χ3n) is 3.85. The van der Waals surface area contributed by atoms with Crippen LogP contribution in [-0.2, 0) is 9.53 Å². The summed E-state index contributed by atoms with van der Waals surface area (Å²) in [5, 5.41) is 0. The Morgan fingerprint density at radius 3 is 2.60 bits per heavy atom. The minimum Gasteiger partial charge on any atom is -0.480 e. The van der Waals surface area contributed by atoms with Gasteiger partial charge in [0.25, 0.3) is 0 Å². The minimum absolute atomic E-state index is 0.0345. The molecule has 0 heterocycles. The zero-order valence-electron chi connectivity index (χ0n) is 12.2. The van der Waals surface area contributed by atoms with E-state index in [2.05, 4.69) is 13.8 Å². The average Bonchev–Trinajstić information content (AvgIpc) is 2.40. The fourth-order valence-corrected chi connectivity index (χ4v) is 2.46. The highest BCUT2D eigenvalue weighted by Gasteiger charge is 2.28. The maximum atomic E-state index is 11.8. The summed E-state index contributed by atoms with van der Waals surface area (Å²) in [7, 11) is 0. The molecule has 0 aliphatic heterocycles. The molecule has 1 aliphatic carbocycles. The Morgan fingerprint density at radius 2 is 1.95 bits per heavy atom. The van der Waals surface area contributed by atoms with Gasteiger partial charge in [0.05, 0.1) is 5.69 Å². The van der Waals surface area contributed by atoms with Gasteiger partial charge in [0.15, 0.2) is 6.61 Å². The van der Waals surface area contributed by atoms with Gasteiger partial charge in [-0.05, 0) is 43.2 Å². The molecule has 2 N–H and O–H groups in total. The predicted molar refractivity (Wildman–Crippen MR) is 78.5 cm³/mol. The second kappa shape index (κ2) is 6.16. The van der Waals surface area contributed by atoms with Crippen molar-refractivity contribution in [2.45, 2.75) is 45.6 Å². The summed E-state index contributed by atoms with van der Waals surface area (Å²) in [6.45, 7) is 4.42. The zero-order chi connectivity index (χ0) is 14.6. The molecule has 2 rings (SSSR count). The van der Waals surface area contributed by atoms with Crippen molar-refractivity contribution < 1.29 is 14.3 Å². The molecule has 0 atom stereocenters. The smallest absolute Gasteiger partial charge is 0.344 e. The van der Waals surface area contributed by atoms with Gasteiger partial charge in [-0.3, -0.25) is 0 Å². The average molecular weight is 277 g/mol. The van der Waals surface area contributed by atoms with Crippen LogP contribution in [0.5, 0.6) is 5.75 Å². The summed E-state index contributed by atoms with van der Waals surface area (Å²) in [5.74, 6) is 0.201. The van der Waals surface area contributed by atoms with Crippen LogP contribution in [0.3, 0.4) is 0 Å². The Morgan fingerprint density at radius 1 is 1.30 bits per heavy atom. The monoisotopic (exact) mass is 277 g/mol. The van der Waals surface area contributed by atoms with Crippen LogP contribution in [0.4, 0.5) is 5.69 Å². The van der Waals surface area contributed by atoms with Crippen LogP contribution in [0.2, 0.25) is 0 Å². The lowest BCUT2D eigenvalue weighted by Gasteiger charge is -2.33. The normalized spacial score (nSPS) is 18.5. The highest BCUT2D eigenvalue weighted by atomic mass is 16.6. The molecule has 4 heteroatoms. The number of carbonyl (C=O) groups excluding carboxylic acids is 1. The van der Waals surface area contributed by atoms with Crippen LogP contribution >= 0.6 is 0 Å². The van der Waals surface area contributed by atoms with E-state index in [0.717, 1.165) is 25.7 Å². The Balaban J connectivity index is 1.75. The van der Waals surface area contributed by atoms with Crippen LogP contribution in [0, 0.1) is 5.41 Å². The number of esters is 1. The Kier molecular flexibility index (Phi) is 4.53. The molecule has 0 unspecified atom stereocenters. The number of benzene rings is 1. The van der Waals surface area contributed by atoms with Gasteiger partial charge in [0, 0.05) is 0 Å².